The molecule has 0 aliphatic heterocycles. The zero-order valence-corrected chi connectivity index (χ0v) is 11.2. The van der Waals surface area contributed by atoms with Crippen LogP contribution in [0.2, 0.25) is 0 Å². The minimum Gasteiger partial charge on any atom is -0.298 e. The molecule has 1 aromatic rings. The maximum Gasteiger partial charge on any atom is 0.179 e. The van der Waals surface area contributed by atoms with E-state index < -0.39 is 15.7 Å². The lowest BCUT2D eigenvalue weighted by molar-refractivity contribution is 0.0945. The highest BCUT2D eigenvalue weighted by atomic mass is 32.2. The van der Waals surface area contributed by atoms with E-state index in [1.165, 1.54) is 18.2 Å². The van der Waals surface area contributed by atoms with Gasteiger partial charge in [0.25, 0.3) is 0 Å². The predicted octanol–water partition coefficient (Wildman–Crippen LogP) is 0.985. The first-order valence-corrected chi connectivity index (χ1v) is 7.49. The van der Waals surface area contributed by atoms with Crippen molar-refractivity contribution in [2.45, 2.75) is 0 Å². The second-order valence-corrected chi connectivity index (χ2v) is 6.53. The fourth-order valence-electron chi connectivity index (χ4n) is 1.42. The summed E-state index contributed by atoms with van der Waals surface area (Å²) in [5.74, 6) is -0.934. The maximum absolute atomic E-state index is 13.3. The Morgan fingerprint density at radius 1 is 1.33 bits per heavy atom. The molecule has 0 radical (unpaired) electrons. The van der Waals surface area contributed by atoms with Gasteiger partial charge in [0.1, 0.15) is 15.7 Å². The Hall–Kier alpha value is -1.27. The quantitative estimate of drug-likeness (QED) is 0.725. The maximum atomic E-state index is 13.3. The summed E-state index contributed by atoms with van der Waals surface area (Å²) in [4.78, 5) is 13.3. The molecule has 0 fully saturated rings. The van der Waals surface area contributed by atoms with E-state index in [4.69, 9.17) is 0 Å². The van der Waals surface area contributed by atoms with Crippen molar-refractivity contribution in [3.05, 3.63) is 35.6 Å². The molecule has 100 valence electrons. The zero-order chi connectivity index (χ0) is 13.8. The van der Waals surface area contributed by atoms with E-state index in [0.717, 1.165) is 6.26 Å². The number of likely N-dealkylation sites (N-methyl/N-ethyl adjacent to an activating group) is 1. The largest absolute Gasteiger partial charge is 0.298 e. The molecule has 0 amide bonds. The van der Waals surface area contributed by atoms with Crippen molar-refractivity contribution in [3.8, 4) is 0 Å². The molecule has 0 bridgehead atoms. The summed E-state index contributed by atoms with van der Waals surface area (Å²) in [5, 5.41) is 0. The SMILES string of the molecule is CN(CCS(C)(=O)=O)CC(=O)c1ccccc1F. The van der Waals surface area contributed by atoms with E-state index in [1.807, 2.05) is 0 Å². The van der Waals surface area contributed by atoms with Crippen LogP contribution in [0.25, 0.3) is 0 Å². The molecule has 6 heteroatoms. The predicted molar refractivity (Wildman–Crippen MR) is 67.9 cm³/mol. The van der Waals surface area contributed by atoms with Crippen LogP contribution in [0.5, 0.6) is 0 Å². The van der Waals surface area contributed by atoms with E-state index in [2.05, 4.69) is 0 Å². The lowest BCUT2D eigenvalue weighted by Crippen LogP contribution is -2.30. The molecule has 0 spiro atoms. The van der Waals surface area contributed by atoms with E-state index >= 15 is 0 Å². The molecule has 18 heavy (non-hydrogen) atoms. The highest BCUT2D eigenvalue weighted by Crippen LogP contribution is 2.07. The number of nitrogens with zero attached hydrogens (tertiary/aromatic N) is 1. The number of sulfone groups is 1. The molecule has 0 heterocycles. The van der Waals surface area contributed by atoms with Gasteiger partial charge in [-0.3, -0.25) is 9.69 Å². The summed E-state index contributed by atoms with van der Waals surface area (Å²) < 4.78 is 35.3. The topological polar surface area (TPSA) is 54.5 Å². The highest BCUT2D eigenvalue weighted by molar-refractivity contribution is 7.90. The second kappa shape index (κ2) is 6.06. The summed E-state index contributed by atoms with van der Waals surface area (Å²) in [6.07, 6.45) is 1.14. The van der Waals surface area contributed by atoms with Crippen molar-refractivity contribution >= 4 is 15.6 Å². The summed E-state index contributed by atoms with van der Waals surface area (Å²) in [7, 11) is -1.43. The Labute approximate surface area is 106 Å². The smallest absolute Gasteiger partial charge is 0.179 e. The van der Waals surface area contributed by atoms with Crippen molar-refractivity contribution in [1.29, 1.82) is 0 Å². The number of benzene rings is 1. The van der Waals surface area contributed by atoms with Crippen LogP contribution in [-0.2, 0) is 9.84 Å². The number of carbonyl (C=O) groups excluding carboxylic acids is 1. The van der Waals surface area contributed by atoms with Gasteiger partial charge in [-0.1, -0.05) is 12.1 Å². The lowest BCUT2D eigenvalue weighted by Gasteiger charge is -2.15. The average molecular weight is 273 g/mol. The Balaban J connectivity index is 2.58. The Morgan fingerprint density at radius 2 is 1.94 bits per heavy atom. The molecule has 1 aromatic carbocycles. The van der Waals surface area contributed by atoms with E-state index in [1.54, 1.807) is 18.0 Å². The number of hydrogen-bond donors (Lipinski definition) is 0. The van der Waals surface area contributed by atoms with Gasteiger partial charge in [0.05, 0.1) is 17.9 Å². The fraction of sp³-hybridized carbons (Fsp3) is 0.417. The minimum atomic E-state index is -3.05. The first-order chi connectivity index (χ1) is 8.29. The number of halogens is 1. The van der Waals surface area contributed by atoms with Crippen LogP contribution < -0.4 is 0 Å². The zero-order valence-electron chi connectivity index (χ0n) is 10.4. The summed E-state index contributed by atoms with van der Waals surface area (Å²) in [5.41, 5.74) is 0.0312. The third-order valence-electron chi connectivity index (χ3n) is 2.43. The third-order valence-corrected chi connectivity index (χ3v) is 3.36. The molecule has 0 aliphatic carbocycles. The molecular weight excluding hydrogens is 257 g/mol. The molecule has 0 N–H and O–H groups in total. The van der Waals surface area contributed by atoms with Gasteiger partial charge < -0.3 is 0 Å². The van der Waals surface area contributed by atoms with Crippen molar-refractivity contribution in [2.24, 2.45) is 0 Å². The first-order valence-electron chi connectivity index (χ1n) is 5.43. The molecule has 4 nitrogen and oxygen atoms in total. The van der Waals surface area contributed by atoms with Crippen LogP contribution in [-0.4, -0.2) is 51.2 Å². The van der Waals surface area contributed by atoms with Crippen molar-refractivity contribution in [1.82, 2.24) is 4.90 Å². The van der Waals surface area contributed by atoms with Gasteiger partial charge >= 0.3 is 0 Å². The third kappa shape index (κ3) is 4.93. The molecule has 0 unspecified atom stereocenters. The molecule has 0 aromatic heterocycles. The monoisotopic (exact) mass is 273 g/mol. The van der Waals surface area contributed by atoms with Gasteiger partial charge in [-0.15, -0.1) is 0 Å². The summed E-state index contributed by atoms with van der Waals surface area (Å²) >= 11 is 0. The van der Waals surface area contributed by atoms with Crippen molar-refractivity contribution in [3.63, 3.8) is 0 Å². The molecule has 0 aliphatic rings. The number of ketones is 1. The van der Waals surface area contributed by atoms with Crippen LogP contribution in [0.3, 0.4) is 0 Å². The molecule has 0 saturated carbocycles. The highest BCUT2D eigenvalue weighted by Gasteiger charge is 2.14. The molecule has 1 rings (SSSR count). The first kappa shape index (κ1) is 14.8. The summed E-state index contributed by atoms with van der Waals surface area (Å²) in [6, 6.07) is 5.75. The van der Waals surface area contributed by atoms with Gasteiger partial charge in [-0.05, 0) is 19.2 Å². The van der Waals surface area contributed by atoms with Crippen molar-refractivity contribution < 1.29 is 17.6 Å². The number of Topliss-reactive ketones (excluding diaryl/α,β-unsaturated/α-hetero) is 1. The molecule has 0 atom stereocenters. The van der Waals surface area contributed by atoms with E-state index in [-0.39, 0.29) is 30.2 Å². The standard InChI is InChI=1S/C12H16FNO3S/c1-14(7-8-18(2,16)17)9-12(15)10-5-3-4-6-11(10)13/h3-6H,7-9H2,1-2H3. The van der Waals surface area contributed by atoms with Crippen LogP contribution >= 0.6 is 0 Å². The van der Waals surface area contributed by atoms with Crippen LogP contribution in [0.1, 0.15) is 10.4 Å². The fourth-order valence-corrected chi connectivity index (χ4v) is 2.06. The minimum absolute atomic E-state index is 0.00352. The number of rotatable bonds is 6. The Kier molecular flexibility index (Phi) is 4.98. The van der Waals surface area contributed by atoms with Gasteiger partial charge in [0.15, 0.2) is 5.78 Å². The van der Waals surface area contributed by atoms with Gasteiger partial charge in [-0.25, -0.2) is 12.8 Å². The van der Waals surface area contributed by atoms with Crippen molar-refractivity contribution in [2.75, 3.05) is 32.1 Å². The van der Waals surface area contributed by atoms with Gasteiger partial charge in [-0.2, -0.15) is 0 Å². The number of hydrogen-bond acceptors (Lipinski definition) is 4. The lowest BCUT2D eigenvalue weighted by atomic mass is 10.1. The molecule has 0 saturated heterocycles. The molecular formula is C12H16FNO3S. The normalized spacial score (nSPS) is 11.8. The van der Waals surface area contributed by atoms with E-state index in [0.29, 0.717) is 0 Å². The Bertz CT molecular complexity index is 528. The van der Waals surface area contributed by atoms with Gasteiger partial charge in [0.2, 0.25) is 0 Å². The number of carbonyl (C=O) groups is 1. The average Bonchev–Trinajstić information content (AvgIpc) is 2.26. The second-order valence-electron chi connectivity index (χ2n) is 4.27. The van der Waals surface area contributed by atoms with Crippen LogP contribution in [0, 0.1) is 5.82 Å². The Morgan fingerprint density at radius 3 is 2.50 bits per heavy atom. The van der Waals surface area contributed by atoms with Crippen LogP contribution in [0.4, 0.5) is 4.39 Å². The summed E-state index contributed by atoms with van der Waals surface area (Å²) in [6.45, 7) is 0.246. The van der Waals surface area contributed by atoms with Crippen LogP contribution in [0.15, 0.2) is 24.3 Å². The van der Waals surface area contributed by atoms with E-state index in [9.17, 15) is 17.6 Å². The van der Waals surface area contributed by atoms with Gasteiger partial charge in [0, 0.05) is 12.8 Å².